The van der Waals surface area contributed by atoms with Gasteiger partial charge in [0.1, 0.15) is 5.41 Å². The molecule has 14 heavy (non-hydrogen) atoms. The van der Waals surface area contributed by atoms with Gasteiger partial charge < -0.3 is 4.74 Å². The van der Waals surface area contributed by atoms with Crippen LogP contribution >= 0.6 is 0 Å². The first kappa shape index (κ1) is 9.44. The number of hydrogen-bond donors (Lipinski definition) is 0. The molecule has 0 N–H and O–H groups in total. The van der Waals surface area contributed by atoms with Crippen molar-refractivity contribution >= 4 is 11.8 Å². The molecule has 1 fully saturated rings. The fourth-order valence-electron chi connectivity index (χ4n) is 2.87. The van der Waals surface area contributed by atoms with Crippen molar-refractivity contribution in [3.05, 3.63) is 11.6 Å². The van der Waals surface area contributed by atoms with Gasteiger partial charge in [0.25, 0.3) is 0 Å². The number of ketones is 1. The molecule has 3 heteroatoms. The molecule has 0 aromatic carbocycles. The molecule has 0 radical (unpaired) electrons. The minimum atomic E-state index is -0.908. The van der Waals surface area contributed by atoms with Crippen molar-refractivity contribution in [1.82, 2.24) is 0 Å². The van der Waals surface area contributed by atoms with Crippen LogP contribution in [-0.2, 0) is 14.3 Å². The maximum atomic E-state index is 11.8. The molecule has 2 aliphatic rings. The third-order valence-corrected chi connectivity index (χ3v) is 3.61. The highest BCUT2D eigenvalue weighted by molar-refractivity contribution is 6.09. The number of carbonyl (C=O) groups is 2. The molecule has 0 unspecified atom stereocenters. The average molecular weight is 194 g/mol. The van der Waals surface area contributed by atoms with Crippen molar-refractivity contribution in [2.45, 2.75) is 26.2 Å². The van der Waals surface area contributed by atoms with Gasteiger partial charge in [-0.05, 0) is 25.7 Å². The lowest BCUT2D eigenvalue weighted by atomic mass is 9.75. The van der Waals surface area contributed by atoms with E-state index in [2.05, 4.69) is 0 Å². The predicted molar refractivity (Wildman–Crippen MR) is 50.6 cm³/mol. The molecule has 2 aliphatic carbocycles. The van der Waals surface area contributed by atoms with Gasteiger partial charge in [0, 0.05) is 6.42 Å². The van der Waals surface area contributed by atoms with Crippen molar-refractivity contribution in [1.29, 1.82) is 0 Å². The number of carbonyl (C=O) groups excluding carboxylic acids is 2. The van der Waals surface area contributed by atoms with Gasteiger partial charge in [-0.25, -0.2) is 0 Å². The number of methoxy groups -OCH3 is 1. The first-order valence-electron chi connectivity index (χ1n) is 4.93. The number of ether oxygens (including phenoxy) is 1. The van der Waals surface area contributed by atoms with E-state index in [1.54, 1.807) is 0 Å². The summed E-state index contributed by atoms with van der Waals surface area (Å²) in [5.74, 6) is -0.167. The van der Waals surface area contributed by atoms with Crippen LogP contribution in [-0.4, -0.2) is 18.9 Å². The normalized spacial score (nSPS) is 35.4. The van der Waals surface area contributed by atoms with E-state index in [1.165, 1.54) is 7.11 Å². The molecule has 0 aromatic heterocycles. The molecule has 2 atom stereocenters. The molecule has 0 aliphatic heterocycles. The summed E-state index contributed by atoms with van der Waals surface area (Å²) in [6, 6.07) is 0. The van der Waals surface area contributed by atoms with Gasteiger partial charge in [-0.2, -0.15) is 0 Å². The Labute approximate surface area is 83.1 Å². The van der Waals surface area contributed by atoms with E-state index in [9.17, 15) is 9.59 Å². The molecule has 3 nitrogen and oxygen atoms in total. The minimum Gasteiger partial charge on any atom is -0.468 e. The summed E-state index contributed by atoms with van der Waals surface area (Å²) in [4.78, 5) is 23.6. The van der Waals surface area contributed by atoms with Crippen LogP contribution in [0.15, 0.2) is 11.6 Å². The Bertz CT molecular complexity index is 329. The van der Waals surface area contributed by atoms with Gasteiger partial charge >= 0.3 is 5.97 Å². The Morgan fingerprint density at radius 3 is 3.00 bits per heavy atom. The number of Topliss-reactive ketones (excluding diaryl/α,β-unsaturated/α-hetero) is 1. The molecule has 0 spiro atoms. The predicted octanol–water partition coefficient (Wildman–Crippen LogP) is 1.47. The van der Waals surface area contributed by atoms with Crippen LogP contribution in [0.3, 0.4) is 0 Å². The Kier molecular flexibility index (Phi) is 1.98. The highest BCUT2D eigenvalue weighted by atomic mass is 16.5. The third-order valence-electron chi connectivity index (χ3n) is 3.61. The Hall–Kier alpha value is -1.12. The maximum absolute atomic E-state index is 11.8. The lowest BCUT2D eigenvalue weighted by Gasteiger charge is -2.26. The fraction of sp³-hybridized carbons (Fsp3) is 0.636. The highest BCUT2D eigenvalue weighted by Gasteiger charge is 2.59. The lowest BCUT2D eigenvalue weighted by molar-refractivity contribution is -0.155. The molecule has 76 valence electrons. The van der Waals surface area contributed by atoms with Crippen molar-refractivity contribution in [3.63, 3.8) is 0 Å². The highest BCUT2D eigenvalue weighted by Crippen LogP contribution is 2.52. The zero-order chi connectivity index (χ0) is 10.3. The van der Waals surface area contributed by atoms with E-state index >= 15 is 0 Å². The van der Waals surface area contributed by atoms with Crippen LogP contribution in [0.5, 0.6) is 0 Å². The monoisotopic (exact) mass is 194 g/mol. The topological polar surface area (TPSA) is 43.4 Å². The van der Waals surface area contributed by atoms with Crippen LogP contribution in [0.4, 0.5) is 0 Å². The van der Waals surface area contributed by atoms with Crippen molar-refractivity contribution in [3.8, 4) is 0 Å². The number of esters is 1. The van der Waals surface area contributed by atoms with Gasteiger partial charge in [0.15, 0.2) is 5.78 Å². The molecule has 0 amide bonds. The van der Waals surface area contributed by atoms with Gasteiger partial charge in [-0.3, -0.25) is 9.59 Å². The van der Waals surface area contributed by atoms with Crippen LogP contribution < -0.4 is 0 Å². The van der Waals surface area contributed by atoms with Gasteiger partial charge in [-0.1, -0.05) is 11.6 Å². The second kappa shape index (κ2) is 2.94. The SMILES string of the molecule is COC(=O)[C@]12C(=O)CC[C@H]1CC=C2C. The van der Waals surface area contributed by atoms with E-state index in [-0.39, 0.29) is 17.7 Å². The molecule has 2 rings (SSSR count). The van der Waals surface area contributed by atoms with Crippen LogP contribution in [0, 0.1) is 11.3 Å². The second-order valence-corrected chi connectivity index (χ2v) is 4.08. The number of hydrogen-bond acceptors (Lipinski definition) is 3. The van der Waals surface area contributed by atoms with Crippen molar-refractivity contribution in [2.24, 2.45) is 11.3 Å². The summed E-state index contributed by atoms with van der Waals surface area (Å²) < 4.78 is 4.78. The minimum absolute atomic E-state index is 0.0422. The molecule has 0 bridgehead atoms. The van der Waals surface area contributed by atoms with Gasteiger partial charge in [0.05, 0.1) is 7.11 Å². The Balaban J connectivity index is 2.49. The summed E-state index contributed by atoms with van der Waals surface area (Å²) in [5.41, 5.74) is -0.0220. The molecule has 1 saturated carbocycles. The van der Waals surface area contributed by atoms with Gasteiger partial charge in [0.2, 0.25) is 0 Å². The quantitative estimate of drug-likeness (QED) is 0.360. The Morgan fingerprint density at radius 2 is 2.36 bits per heavy atom. The molecular formula is C11H14O3. The average Bonchev–Trinajstić information content (AvgIpc) is 2.67. The number of rotatable bonds is 1. The standard InChI is InChI=1S/C11H14O3/c1-7-3-4-8-5-6-9(12)11(7,8)10(13)14-2/h3,8H,4-6H2,1-2H3/t8-,11+/m1/s1. The summed E-state index contributed by atoms with van der Waals surface area (Å²) in [6.07, 6.45) is 4.18. The first-order valence-corrected chi connectivity index (χ1v) is 4.93. The molecular weight excluding hydrogens is 180 g/mol. The smallest absolute Gasteiger partial charge is 0.323 e. The Morgan fingerprint density at radius 1 is 1.64 bits per heavy atom. The first-order chi connectivity index (χ1) is 6.64. The second-order valence-electron chi connectivity index (χ2n) is 4.08. The lowest BCUT2D eigenvalue weighted by Crippen LogP contribution is -2.40. The summed E-state index contributed by atoms with van der Waals surface area (Å²) >= 11 is 0. The summed E-state index contributed by atoms with van der Waals surface area (Å²) in [7, 11) is 1.35. The van der Waals surface area contributed by atoms with E-state index < -0.39 is 5.41 Å². The molecule has 0 aromatic rings. The van der Waals surface area contributed by atoms with E-state index in [0.29, 0.717) is 6.42 Å². The third kappa shape index (κ3) is 0.873. The summed E-state index contributed by atoms with van der Waals surface area (Å²) in [5, 5.41) is 0. The summed E-state index contributed by atoms with van der Waals surface area (Å²) in [6.45, 7) is 1.86. The van der Waals surface area contributed by atoms with Crippen molar-refractivity contribution in [2.75, 3.05) is 7.11 Å². The van der Waals surface area contributed by atoms with Crippen LogP contribution in [0.1, 0.15) is 26.2 Å². The van der Waals surface area contributed by atoms with Crippen LogP contribution in [0.2, 0.25) is 0 Å². The van der Waals surface area contributed by atoms with E-state index in [1.807, 2.05) is 13.0 Å². The zero-order valence-electron chi connectivity index (χ0n) is 8.50. The van der Waals surface area contributed by atoms with E-state index in [4.69, 9.17) is 4.74 Å². The largest absolute Gasteiger partial charge is 0.468 e. The molecule has 0 saturated heterocycles. The van der Waals surface area contributed by atoms with Crippen LogP contribution in [0.25, 0.3) is 0 Å². The maximum Gasteiger partial charge on any atom is 0.323 e. The zero-order valence-corrected chi connectivity index (χ0v) is 8.50. The van der Waals surface area contributed by atoms with Gasteiger partial charge in [-0.15, -0.1) is 0 Å². The van der Waals surface area contributed by atoms with E-state index in [0.717, 1.165) is 18.4 Å². The number of allylic oxidation sites excluding steroid dienone is 1. The number of fused-ring (bicyclic) bond motifs is 1. The fourth-order valence-corrected chi connectivity index (χ4v) is 2.87. The van der Waals surface area contributed by atoms with Crippen molar-refractivity contribution < 1.29 is 14.3 Å². The molecule has 0 heterocycles.